The molecule has 2 rings (SSSR count). The van der Waals surface area contributed by atoms with Gasteiger partial charge in [-0.05, 0) is 24.3 Å². The highest BCUT2D eigenvalue weighted by atomic mass is 32.1. The van der Waals surface area contributed by atoms with Crippen LogP contribution in [0.3, 0.4) is 0 Å². The van der Waals surface area contributed by atoms with Crippen LogP contribution in [0.5, 0.6) is 0 Å². The number of carbonyl (C=O) groups excluding carboxylic acids is 1. The molecule has 0 spiro atoms. The number of thiophene rings is 1. The van der Waals surface area contributed by atoms with Crippen LogP contribution in [0.25, 0.3) is 0 Å². The van der Waals surface area contributed by atoms with E-state index in [4.69, 9.17) is 15.3 Å². The van der Waals surface area contributed by atoms with Crippen molar-refractivity contribution in [2.75, 3.05) is 13.2 Å². The summed E-state index contributed by atoms with van der Waals surface area (Å²) in [6.45, 7) is 1.83. The molecule has 1 amide bonds. The third kappa shape index (κ3) is 3.26. The van der Waals surface area contributed by atoms with E-state index in [0.29, 0.717) is 18.1 Å². The largest absolute Gasteiger partial charge is 0.376 e. The molecule has 6 heteroatoms. The number of hydrogen-bond acceptors (Lipinski definition) is 5. The van der Waals surface area contributed by atoms with Gasteiger partial charge in [0.1, 0.15) is 0 Å². The summed E-state index contributed by atoms with van der Waals surface area (Å²) in [4.78, 5) is 12.0. The summed E-state index contributed by atoms with van der Waals surface area (Å²) in [7, 11) is 0. The van der Waals surface area contributed by atoms with Crippen molar-refractivity contribution in [3.05, 3.63) is 21.9 Å². The van der Waals surface area contributed by atoms with E-state index in [-0.39, 0.29) is 12.0 Å². The molecule has 94 valence electrons. The fourth-order valence-corrected chi connectivity index (χ4v) is 2.60. The maximum absolute atomic E-state index is 11.4. The number of nitrogens with one attached hydrogen (secondary N) is 1. The number of rotatable bonds is 5. The summed E-state index contributed by atoms with van der Waals surface area (Å²) in [5.74, 6) is 4.84. The molecule has 5 nitrogen and oxygen atoms in total. The normalized spacial score (nSPS) is 19.5. The predicted molar refractivity (Wildman–Crippen MR) is 64.6 cm³/mol. The van der Waals surface area contributed by atoms with E-state index in [2.05, 4.69) is 5.43 Å². The number of ether oxygens (including phenoxy) is 2. The zero-order chi connectivity index (χ0) is 12.1. The first-order chi connectivity index (χ1) is 8.31. The van der Waals surface area contributed by atoms with Gasteiger partial charge in [-0.1, -0.05) is 0 Å². The Hall–Kier alpha value is -0.950. The van der Waals surface area contributed by atoms with Crippen LogP contribution in [0.1, 0.15) is 28.1 Å². The summed E-state index contributed by atoms with van der Waals surface area (Å²) in [6, 6.07) is 1.88. The molecule has 1 fully saturated rings. The highest BCUT2D eigenvalue weighted by Crippen LogP contribution is 2.18. The predicted octanol–water partition coefficient (Wildman–Crippen LogP) is 1.05. The van der Waals surface area contributed by atoms with Crippen LogP contribution in [0.2, 0.25) is 0 Å². The van der Waals surface area contributed by atoms with Gasteiger partial charge in [-0.2, -0.15) is 0 Å². The molecular formula is C11H16N2O3S. The molecule has 1 aromatic heterocycles. The Morgan fingerprint density at radius 2 is 2.59 bits per heavy atom. The van der Waals surface area contributed by atoms with Gasteiger partial charge in [0.15, 0.2) is 0 Å². The molecule has 0 aromatic carbocycles. The van der Waals surface area contributed by atoms with E-state index in [0.717, 1.165) is 25.0 Å². The Morgan fingerprint density at radius 1 is 1.71 bits per heavy atom. The Bertz CT molecular complexity index is 375. The Balaban J connectivity index is 1.82. The third-order valence-electron chi connectivity index (χ3n) is 2.67. The quantitative estimate of drug-likeness (QED) is 0.469. The van der Waals surface area contributed by atoms with Gasteiger partial charge in [0.25, 0.3) is 5.91 Å². The van der Waals surface area contributed by atoms with Gasteiger partial charge >= 0.3 is 0 Å². The van der Waals surface area contributed by atoms with Gasteiger partial charge in [0, 0.05) is 12.2 Å². The second kappa shape index (κ2) is 6.11. The van der Waals surface area contributed by atoms with Gasteiger partial charge in [0.05, 0.1) is 24.2 Å². The van der Waals surface area contributed by atoms with Gasteiger partial charge < -0.3 is 9.47 Å². The van der Waals surface area contributed by atoms with Gasteiger partial charge in [-0.25, -0.2) is 5.84 Å². The van der Waals surface area contributed by atoms with Gasteiger partial charge in [-0.3, -0.25) is 10.2 Å². The Morgan fingerprint density at radius 3 is 3.29 bits per heavy atom. The minimum atomic E-state index is -0.268. The van der Waals surface area contributed by atoms with Gasteiger partial charge in [0.2, 0.25) is 0 Å². The van der Waals surface area contributed by atoms with E-state index in [1.807, 2.05) is 11.4 Å². The molecule has 0 saturated carbocycles. The SMILES string of the molecule is NNC(=O)c1sccc1COCC1CCCO1. The topological polar surface area (TPSA) is 73.6 Å². The first-order valence-electron chi connectivity index (χ1n) is 5.58. The van der Waals surface area contributed by atoms with Crippen molar-refractivity contribution in [1.29, 1.82) is 0 Å². The van der Waals surface area contributed by atoms with Crippen LogP contribution >= 0.6 is 11.3 Å². The average Bonchev–Trinajstić information content (AvgIpc) is 2.99. The van der Waals surface area contributed by atoms with E-state index in [1.165, 1.54) is 11.3 Å². The first-order valence-corrected chi connectivity index (χ1v) is 6.46. The highest BCUT2D eigenvalue weighted by Gasteiger charge is 2.16. The van der Waals surface area contributed by atoms with Crippen molar-refractivity contribution in [2.45, 2.75) is 25.6 Å². The summed E-state index contributed by atoms with van der Waals surface area (Å²) in [6.07, 6.45) is 2.37. The Labute approximate surface area is 104 Å². The minimum Gasteiger partial charge on any atom is -0.376 e. The zero-order valence-corrected chi connectivity index (χ0v) is 10.3. The molecule has 1 atom stereocenters. The minimum absolute atomic E-state index is 0.209. The summed E-state index contributed by atoms with van der Waals surface area (Å²) in [5.41, 5.74) is 3.00. The third-order valence-corrected chi connectivity index (χ3v) is 3.62. The number of carbonyl (C=O) groups is 1. The summed E-state index contributed by atoms with van der Waals surface area (Å²) in [5, 5.41) is 1.86. The van der Waals surface area contributed by atoms with Crippen molar-refractivity contribution in [3.63, 3.8) is 0 Å². The molecule has 0 aliphatic carbocycles. The maximum Gasteiger partial charge on any atom is 0.275 e. The van der Waals surface area contributed by atoms with Crippen LogP contribution in [-0.2, 0) is 16.1 Å². The lowest BCUT2D eigenvalue weighted by Crippen LogP contribution is -2.30. The smallest absolute Gasteiger partial charge is 0.275 e. The molecule has 17 heavy (non-hydrogen) atoms. The molecule has 1 aliphatic heterocycles. The highest BCUT2D eigenvalue weighted by molar-refractivity contribution is 7.12. The molecule has 1 aromatic rings. The lowest BCUT2D eigenvalue weighted by atomic mass is 10.2. The second-order valence-electron chi connectivity index (χ2n) is 3.90. The van der Waals surface area contributed by atoms with Crippen molar-refractivity contribution < 1.29 is 14.3 Å². The lowest BCUT2D eigenvalue weighted by molar-refractivity contribution is 0.0105. The lowest BCUT2D eigenvalue weighted by Gasteiger charge is -2.10. The standard InChI is InChI=1S/C11H16N2O3S/c12-13-11(14)10-8(3-5-17-10)6-15-7-9-2-1-4-16-9/h3,5,9H,1-2,4,6-7,12H2,(H,13,14). The van der Waals surface area contributed by atoms with Crippen molar-refractivity contribution in [2.24, 2.45) is 5.84 Å². The number of nitrogen functional groups attached to an aromatic ring is 1. The van der Waals surface area contributed by atoms with Crippen molar-refractivity contribution >= 4 is 17.2 Å². The number of nitrogens with two attached hydrogens (primary N) is 1. The fraction of sp³-hybridized carbons (Fsp3) is 0.545. The monoisotopic (exact) mass is 256 g/mol. The Kier molecular flexibility index (Phi) is 4.49. The van der Waals surface area contributed by atoms with E-state index >= 15 is 0 Å². The molecule has 0 bridgehead atoms. The van der Waals surface area contributed by atoms with Crippen LogP contribution < -0.4 is 11.3 Å². The second-order valence-corrected chi connectivity index (χ2v) is 4.81. The van der Waals surface area contributed by atoms with Crippen molar-refractivity contribution in [1.82, 2.24) is 5.43 Å². The molecule has 2 heterocycles. The van der Waals surface area contributed by atoms with Crippen LogP contribution in [0.15, 0.2) is 11.4 Å². The van der Waals surface area contributed by atoms with Crippen LogP contribution in [-0.4, -0.2) is 25.2 Å². The molecule has 3 N–H and O–H groups in total. The molecule has 0 radical (unpaired) electrons. The molecule has 1 aliphatic rings. The molecular weight excluding hydrogens is 240 g/mol. The fourth-order valence-electron chi connectivity index (χ4n) is 1.79. The van der Waals surface area contributed by atoms with E-state index < -0.39 is 0 Å². The number of hydrogen-bond donors (Lipinski definition) is 2. The average molecular weight is 256 g/mol. The van der Waals surface area contributed by atoms with Crippen LogP contribution in [0, 0.1) is 0 Å². The first kappa shape index (κ1) is 12.5. The number of amides is 1. The van der Waals surface area contributed by atoms with Gasteiger partial charge in [-0.15, -0.1) is 11.3 Å². The van der Waals surface area contributed by atoms with E-state index in [1.54, 1.807) is 0 Å². The zero-order valence-electron chi connectivity index (χ0n) is 9.48. The molecule has 1 unspecified atom stereocenters. The van der Waals surface area contributed by atoms with Crippen molar-refractivity contribution in [3.8, 4) is 0 Å². The maximum atomic E-state index is 11.4. The van der Waals surface area contributed by atoms with E-state index in [9.17, 15) is 4.79 Å². The summed E-state index contributed by atoms with van der Waals surface area (Å²) >= 11 is 1.36. The number of hydrazine groups is 1. The summed E-state index contributed by atoms with van der Waals surface area (Å²) < 4.78 is 11.0. The molecule has 1 saturated heterocycles. The van der Waals surface area contributed by atoms with Crippen LogP contribution in [0.4, 0.5) is 0 Å².